The van der Waals surface area contributed by atoms with Gasteiger partial charge in [0, 0.05) is 4.88 Å². The Morgan fingerprint density at radius 3 is 2.64 bits per heavy atom. The number of hydrogen-bond donors (Lipinski definition) is 1. The zero-order chi connectivity index (χ0) is 10.6. The van der Waals surface area contributed by atoms with Gasteiger partial charge >= 0.3 is 0 Å². The standard InChI is InChI=1S/C12H20OS/c1-4-10-7-8-14-12(10)11(13)6-5-9(2)3/h7-9,11,13H,4-6H2,1-3H3. The Morgan fingerprint density at radius 1 is 1.36 bits per heavy atom. The molecule has 0 saturated heterocycles. The molecule has 0 aliphatic heterocycles. The van der Waals surface area contributed by atoms with Crippen LogP contribution in [0.25, 0.3) is 0 Å². The summed E-state index contributed by atoms with van der Waals surface area (Å²) in [5.74, 6) is 0.676. The summed E-state index contributed by atoms with van der Waals surface area (Å²) in [6.45, 7) is 6.53. The second-order valence-electron chi connectivity index (χ2n) is 4.15. The first-order valence-corrected chi connectivity index (χ1v) is 6.27. The minimum absolute atomic E-state index is 0.243. The van der Waals surface area contributed by atoms with Crippen molar-refractivity contribution in [2.75, 3.05) is 0 Å². The van der Waals surface area contributed by atoms with E-state index in [0.717, 1.165) is 19.3 Å². The normalized spacial score (nSPS) is 13.5. The van der Waals surface area contributed by atoms with Crippen molar-refractivity contribution in [3.8, 4) is 0 Å². The van der Waals surface area contributed by atoms with Crippen LogP contribution >= 0.6 is 11.3 Å². The minimum atomic E-state index is -0.243. The molecule has 1 atom stereocenters. The fourth-order valence-corrected chi connectivity index (χ4v) is 2.57. The van der Waals surface area contributed by atoms with Gasteiger partial charge in [-0.15, -0.1) is 11.3 Å². The third kappa shape index (κ3) is 3.10. The van der Waals surface area contributed by atoms with Crippen LogP contribution in [-0.2, 0) is 6.42 Å². The fourth-order valence-electron chi connectivity index (χ4n) is 1.55. The van der Waals surface area contributed by atoms with Crippen LogP contribution < -0.4 is 0 Å². The molecule has 0 aliphatic carbocycles. The highest BCUT2D eigenvalue weighted by Crippen LogP contribution is 2.28. The first-order chi connectivity index (χ1) is 6.65. The smallest absolute Gasteiger partial charge is 0.0884 e. The number of aryl methyl sites for hydroxylation is 1. The van der Waals surface area contributed by atoms with Crippen molar-refractivity contribution in [2.24, 2.45) is 5.92 Å². The summed E-state index contributed by atoms with van der Waals surface area (Å²) >= 11 is 1.68. The molecule has 0 aromatic carbocycles. The Labute approximate surface area is 90.8 Å². The number of rotatable bonds is 5. The van der Waals surface area contributed by atoms with Gasteiger partial charge in [0.25, 0.3) is 0 Å². The number of hydrogen-bond acceptors (Lipinski definition) is 2. The molecule has 0 fully saturated rings. The van der Waals surface area contributed by atoms with Gasteiger partial charge in [0.1, 0.15) is 0 Å². The Morgan fingerprint density at radius 2 is 2.07 bits per heavy atom. The van der Waals surface area contributed by atoms with Gasteiger partial charge in [-0.3, -0.25) is 0 Å². The summed E-state index contributed by atoms with van der Waals surface area (Å²) < 4.78 is 0. The Kier molecular flexibility index (Phi) is 4.63. The van der Waals surface area contributed by atoms with E-state index in [4.69, 9.17) is 0 Å². The van der Waals surface area contributed by atoms with Crippen LogP contribution in [0.4, 0.5) is 0 Å². The zero-order valence-electron chi connectivity index (χ0n) is 9.29. The molecule has 0 aliphatic rings. The highest BCUT2D eigenvalue weighted by Gasteiger charge is 2.13. The summed E-state index contributed by atoms with van der Waals surface area (Å²) in [6, 6.07) is 2.12. The number of aliphatic hydroxyl groups is 1. The molecule has 1 unspecified atom stereocenters. The van der Waals surface area contributed by atoms with Crippen LogP contribution in [0.1, 0.15) is 50.2 Å². The maximum atomic E-state index is 9.98. The lowest BCUT2D eigenvalue weighted by atomic mass is 10.0. The molecule has 0 spiro atoms. The highest BCUT2D eigenvalue weighted by atomic mass is 32.1. The summed E-state index contributed by atoms with van der Waals surface area (Å²) in [5.41, 5.74) is 1.31. The second kappa shape index (κ2) is 5.52. The van der Waals surface area contributed by atoms with Crippen LogP contribution in [0.15, 0.2) is 11.4 Å². The average Bonchev–Trinajstić information content (AvgIpc) is 2.61. The quantitative estimate of drug-likeness (QED) is 0.787. The van der Waals surface area contributed by atoms with Crippen molar-refractivity contribution < 1.29 is 5.11 Å². The molecule has 0 bridgehead atoms. The summed E-state index contributed by atoms with van der Waals surface area (Å²) in [4.78, 5) is 1.17. The fraction of sp³-hybridized carbons (Fsp3) is 0.667. The van der Waals surface area contributed by atoms with Crippen molar-refractivity contribution in [3.63, 3.8) is 0 Å². The van der Waals surface area contributed by atoms with Gasteiger partial charge in [0.15, 0.2) is 0 Å². The molecule has 1 N–H and O–H groups in total. The topological polar surface area (TPSA) is 20.2 Å². The molecule has 14 heavy (non-hydrogen) atoms. The van der Waals surface area contributed by atoms with Crippen molar-refractivity contribution in [3.05, 3.63) is 21.9 Å². The Bertz CT molecular complexity index is 265. The van der Waals surface area contributed by atoms with Gasteiger partial charge in [-0.1, -0.05) is 20.8 Å². The Balaban J connectivity index is 2.55. The van der Waals surface area contributed by atoms with E-state index < -0.39 is 0 Å². The van der Waals surface area contributed by atoms with Crippen LogP contribution in [0.2, 0.25) is 0 Å². The third-order valence-corrected chi connectivity index (χ3v) is 3.54. The molecule has 0 saturated carbocycles. The van der Waals surface area contributed by atoms with Crippen molar-refractivity contribution in [1.82, 2.24) is 0 Å². The van der Waals surface area contributed by atoms with E-state index in [-0.39, 0.29) is 6.10 Å². The van der Waals surface area contributed by atoms with Crippen molar-refractivity contribution >= 4 is 11.3 Å². The van der Waals surface area contributed by atoms with E-state index in [2.05, 4.69) is 32.2 Å². The van der Waals surface area contributed by atoms with Gasteiger partial charge in [-0.25, -0.2) is 0 Å². The van der Waals surface area contributed by atoms with Gasteiger partial charge in [-0.2, -0.15) is 0 Å². The average molecular weight is 212 g/mol. The number of thiophene rings is 1. The third-order valence-electron chi connectivity index (χ3n) is 2.48. The predicted octanol–water partition coefficient (Wildman–Crippen LogP) is 3.78. The molecule has 1 nitrogen and oxygen atoms in total. The van der Waals surface area contributed by atoms with Gasteiger partial charge in [0.2, 0.25) is 0 Å². The molecule has 2 heteroatoms. The molecule has 80 valence electrons. The Hall–Kier alpha value is -0.340. The number of aliphatic hydroxyl groups excluding tert-OH is 1. The van der Waals surface area contributed by atoms with E-state index in [0.29, 0.717) is 5.92 Å². The zero-order valence-corrected chi connectivity index (χ0v) is 10.1. The van der Waals surface area contributed by atoms with E-state index in [1.54, 1.807) is 11.3 Å². The van der Waals surface area contributed by atoms with Gasteiger partial charge in [0.05, 0.1) is 6.10 Å². The molecule has 1 rings (SSSR count). The summed E-state index contributed by atoms with van der Waals surface area (Å²) in [7, 11) is 0. The lowest BCUT2D eigenvalue weighted by Gasteiger charge is -2.12. The van der Waals surface area contributed by atoms with E-state index in [9.17, 15) is 5.11 Å². The monoisotopic (exact) mass is 212 g/mol. The lowest BCUT2D eigenvalue weighted by molar-refractivity contribution is 0.162. The molecule has 1 heterocycles. The molecule has 1 aromatic rings. The lowest BCUT2D eigenvalue weighted by Crippen LogP contribution is -2.00. The first-order valence-electron chi connectivity index (χ1n) is 5.39. The van der Waals surface area contributed by atoms with E-state index in [1.165, 1.54) is 10.4 Å². The van der Waals surface area contributed by atoms with Crippen LogP contribution in [-0.4, -0.2) is 5.11 Å². The molecule has 0 amide bonds. The first kappa shape index (κ1) is 11.7. The van der Waals surface area contributed by atoms with Crippen LogP contribution in [0.3, 0.4) is 0 Å². The van der Waals surface area contributed by atoms with E-state index in [1.807, 2.05) is 0 Å². The SMILES string of the molecule is CCc1ccsc1C(O)CCC(C)C. The van der Waals surface area contributed by atoms with Crippen LogP contribution in [0.5, 0.6) is 0 Å². The predicted molar refractivity (Wildman–Crippen MR) is 62.7 cm³/mol. The highest BCUT2D eigenvalue weighted by molar-refractivity contribution is 7.10. The van der Waals surface area contributed by atoms with Crippen molar-refractivity contribution in [1.29, 1.82) is 0 Å². The minimum Gasteiger partial charge on any atom is -0.388 e. The van der Waals surface area contributed by atoms with E-state index >= 15 is 0 Å². The molecule has 0 radical (unpaired) electrons. The maximum absolute atomic E-state index is 9.98. The van der Waals surface area contributed by atoms with Crippen molar-refractivity contribution in [2.45, 2.75) is 46.1 Å². The molecule has 1 aromatic heterocycles. The maximum Gasteiger partial charge on any atom is 0.0884 e. The van der Waals surface area contributed by atoms with Gasteiger partial charge < -0.3 is 5.11 Å². The summed E-state index contributed by atoms with van der Waals surface area (Å²) in [6.07, 6.45) is 2.78. The second-order valence-corrected chi connectivity index (χ2v) is 5.10. The largest absolute Gasteiger partial charge is 0.388 e. The summed E-state index contributed by atoms with van der Waals surface area (Å²) in [5, 5.41) is 12.1. The molecular formula is C12H20OS. The van der Waals surface area contributed by atoms with Crippen LogP contribution in [0, 0.1) is 5.92 Å². The molecular weight excluding hydrogens is 192 g/mol. The van der Waals surface area contributed by atoms with Gasteiger partial charge in [-0.05, 0) is 42.2 Å².